The molecule has 28 heavy (non-hydrogen) atoms. The minimum Gasteiger partial charge on any atom is -0.332 e. The van der Waals surface area contributed by atoms with Gasteiger partial charge in [0.1, 0.15) is 0 Å². The van der Waals surface area contributed by atoms with Gasteiger partial charge in [0.25, 0.3) is 0 Å². The van der Waals surface area contributed by atoms with Crippen LogP contribution in [0.2, 0.25) is 0 Å². The van der Waals surface area contributed by atoms with Gasteiger partial charge in [0.2, 0.25) is 5.95 Å². The van der Waals surface area contributed by atoms with Crippen LogP contribution >= 0.6 is 0 Å². The number of unbranched alkanes of at least 4 members (excludes halogenated alkanes) is 1. The molecule has 0 aromatic carbocycles. The maximum Gasteiger partial charge on any atom is 0.225 e. The van der Waals surface area contributed by atoms with Crippen LogP contribution in [0.3, 0.4) is 0 Å². The van der Waals surface area contributed by atoms with E-state index in [4.69, 9.17) is 0 Å². The van der Waals surface area contributed by atoms with Gasteiger partial charge in [-0.15, -0.1) is 0 Å². The van der Waals surface area contributed by atoms with Gasteiger partial charge in [0.05, 0.1) is 5.56 Å². The van der Waals surface area contributed by atoms with Crippen molar-refractivity contribution in [2.45, 2.75) is 84.0 Å². The van der Waals surface area contributed by atoms with E-state index in [9.17, 15) is 0 Å². The van der Waals surface area contributed by atoms with Gasteiger partial charge in [-0.2, -0.15) is 0 Å². The quantitative estimate of drug-likeness (QED) is 0.533. The molecule has 154 valence electrons. The van der Waals surface area contributed by atoms with Crippen molar-refractivity contribution >= 4 is 5.95 Å². The molecule has 2 fully saturated rings. The predicted octanol–water partition coefficient (Wildman–Crippen LogP) is 3.40. The summed E-state index contributed by atoms with van der Waals surface area (Å²) in [7, 11) is 2.20. The van der Waals surface area contributed by atoms with E-state index in [2.05, 4.69) is 71.3 Å². The molecule has 1 aromatic heterocycles. The fourth-order valence-corrected chi connectivity index (χ4v) is 4.32. The summed E-state index contributed by atoms with van der Waals surface area (Å²) >= 11 is 0. The van der Waals surface area contributed by atoms with Crippen molar-refractivity contribution in [3.63, 3.8) is 0 Å². The van der Waals surface area contributed by atoms with Gasteiger partial charge in [-0.3, -0.25) is 4.90 Å². The lowest BCUT2D eigenvalue weighted by molar-refractivity contribution is 0.176. The van der Waals surface area contributed by atoms with Crippen LogP contribution in [0.15, 0.2) is 12.4 Å². The van der Waals surface area contributed by atoms with E-state index in [0.717, 1.165) is 44.0 Å². The Morgan fingerprint density at radius 3 is 2.36 bits per heavy atom. The number of nitrogens with zero attached hydrogens (tertiary/aromatic N) is 5. The lowest BCUT2D eigenvalue weighted by atomic mass is 10.1. The second-order valence-corrected chi connectivity index (χ2v) is 8.75. The fourth-order valence-electron chi connectivity index (χ4n) is 4.32. The predicted molar refractivity (Wildman–Crippen MR) is 117 cm³/mol. The molecule has 1 aromatic rings. The molecule has 0 spiro atoms. The van der Waals surface area contributed by atoms with Crippen molar-refractivity contribution in [3.8, 4) is 11.8 Å². The molecule has 0 saturated carbocycles. The van der Waals surface area contributed by atoms with Crippen molar-refractivity contribution < 1.29 is 0 Å². The molecule has 0 amide bonds. The van der Waals surface area contributed by atoms with Gasteiger partial charge in [0.15, 0.2) is 0 Å². The fraction of sp³-hybridized carbons (Fsp3) is 0.739. The maximum atomic E-state index is 4.66. The summed E-state index contributed by atoms with van der Waals surface area (Å²) < 4.78 is 0. The second kappa shape index (κ2) is 9.71. The number of hydrogen-bond acceptors (Lipinski definition) is 5. The molecule has 3 heterocycles. The third kappa shape index (κ3) is 5.04. The Kier molecular flexibility index (Phi) is 7.31. The molecule has 0 aliphatic carbocycles. The second-order valence-electron chi connectivity index (χ2n) is 8.75. The van der Waals surface area contributed by atoms with E-state index >= 15 is 0 Å². The molecule has 5 heteroatoms. The molecular formula is C23H37N5. The number of hydrogen-bond donors (Lipinski definition) is 0. The molecule has 2 bridgehead atoms. The number of rotatable bonds is 7. The van der Waals surface area contributed by atoms with Crippen LogP contribution in [-0.4, -0.2) is 70.6 Å². The lowest BCUT2D eigenvalue weighted by Crippen LogP contribution is -2.56. The van der Waals surface area contributed by atoms with Gasteiger partial charge < -0.3 is 9.80 Å². The topological polar surface area (TPSA) is 35.5 Å². The van der Waals surface area contributed by atoms with Crippen LogP contribution < -0.4 is 4.90 Å². The van der Waals surface area contributed by atoms with E-state index in [1.807, 2.05) is 12.4 Å². The highest BCUT2D eigenvalue weighted by Gasteiger charge is 2.41. The third-order valence-electron chi connectivity index (χ3n) is 6.50. The number of likely N-dealkylation sites (tertiary alicyclic amines) is 1. The summed E-state index contributed by atoms with van der Waals surface area (Å²) in [6, 6.07) is 2.38. The molecule has 2 aliphatic heterocycles. The van der Waals surface area contributed by atoms with Crippen LogP contribution in [0.4, 0.5) is 5.95 Å². The first-order valence-electron chi connectivity index (χ1n) is 11.0. The van der Waals surface area contributed by atoms with E-state index in [0.29, 0.717) is 24.2 Å². The van der Waals surface area contributed by atoms with Crippen molar-refractivity contribution in [1.29, 1.82) is 0 Å². The van der Waals surface area contributed by atoms with Gasteiger partial charge in [-0.05, 0) is 60.0 Å². The summed E-state index contributed by atoms with van der Waals surface area (Å²) in [5, 5.41) is 0. The smallest absolute Gasteiger partial charge is 0.225 e. The zero-order valence-electron chi connectivity index (χ0n) is 18.4. The Hall–Kier alpha value is -1.64. The summed E-state index contributed by atoms with van der Waals surface area (Å²) in [5.41, 5.74) is 0.923. The first-order valence-corrected chi connectivity index (χ1v) is 11.0. The molecule has 3 unspecified atom stereocenters. The number of fused-ring (bicyclic) bond motifs is 2. The van der Waals surface area contributed by atoms with Crippen molar-refractivity contribution in [3.05, 3.63) is 18.0 Å². The first-order chi connectivity index (χ1) is 13.5. The Labute approximate surface area is 171 Å². The van der Waals surface area contributed by atoms with Crippen LogP contribution in [0.25, 0.3) is 0 Å². The standard InChI is InChI=1S/C23H37N5/c1-6-19(4)26(5)13-9-7-8-10-20-14-24-23(25-15-20)28-21-11-12-22(28)17-27(16-21)18(2)3/h14-15,18-19,21-22H,6-7,9,11-13,16-17H2,1-5H3. The highest BCUT2D eigenvalue weighted by Crippen LogP contribution is 2.33. The Morgan fingerprint density at radius 2 is 1.79 bits per heavy atom. The van der Waals surface area contributed by atoms with E-state index < -0.39 is 0 Å². The minimum atomic E-state index is 0.556. The first kappa shape index (κ1) is 21.1. The summed E-state index contributed by atoms with van der Waals surface area (Å²) in [6.45, 7) is 12.5. The molecule has 5 nitrogen and oxygen atoms in total. The minimum absolute atomic E-state index is 0.556. The Morgan fingerprint density at radius 1 is 1.14 bits per heavy atom. The largest absolute Gasteiger partial charge is 0.332 e. The van der Waals surface area contributed by atoms with Crippen LogP contribution in [0.1, 0.15) is 65.4 Å². The zero-order valence-corrected chi connectivity index (χ0v) is 18.4. The molecule has 2 aliphatic rings. The van der Waals surface area contributed by atoms with Crippen LogP contribution in [-0.2, 0) is 0 Å². The van der Waals surface area contributed by atoms with E-state index in [1.165, 1.54) is 19.3 Å². The molecule has 3 rings (SSSR count). The van der Waals surface area contributed by atoms with Crippen LogP contribution in [0.5, 0.6) is 0 Å². The zero-order chi connectivity index (χ0) is 20.1. The number of piperazine rings is 1. The molecule has 0 radical (unpaired) electrons. The van der Waals surface area contributed by atoms with Crippen molar-refractivity contribution in [2.24, 2.45) is 0 Å². The van der Waals surface area contributed by atoms with Gasteiger partial charge in [-0.1, -0.05) is 18.8 Å². The van der Waals surface area contributed by atoms with Crippen molar-refractivity contribution in [2.75, 3.05) is 31.6 Å². The molecular weight excluding hydrogens is 346 g/mol. The van der Waals surface area contributed by atoms with E-state index in [1.54, 1.807) is 0 Å². The van der Waals surface area contributed by atoms with Gasteiger partial charge in [-0.25, -0.2) is 9.97 Å². The summed E-state index contributed by atoms with van der Waals surface area (Å²) in [6.07, 6.45) is 9.53. The summed E-state index contributed by atoms with van der Waals surface area (Å²) in [5.74, 6) is 7.40. The van der Waals surface area contributed by atoms with Crippen molar-refractivity contribution in [1.82, 2.24) is 19.8 Å². The SMILES string of the molecule is CCC(C)N(C)CCCC#Cc1cnc(N2C3CCC2CN(C(C)C)C3)nc1. The third-order valence-corrected chi connectivity index (χ3v) is 6.50. The average molecular weight is 384 g/mol. The normalized spacial score (nSPS) is 23.2. The lowest BCUT2D eigenvalue weighted by Gasteiger charge is -2.42. The Bertz CT molecular complexity index is 660. The maximum absolute atomic E-state index is 4.66. The number of anilines is 1. The van der Waals surface area contributed by atoms with Crippen LogP contribution in [0, 0.1) is 11.8 Å². The molecule has 0 N–H and O–H groups in total. The Balaban J connectivity index is 1.51. The molecule has 2 saturated heterocycles. The molecule has 3 atom stereocenters. The van der Waals surface area contributed by atoms with Gasteiger partial charge >= 0.3 is 0 Å². The van der Waals surface area contributed by atoms with Gasteiger partial charge in [0, 0.05) is 56.1 Å². The average Bonchev–Trinajstić information content (AvgIpc) is 2.96. The summed E-state index contributed by atoms with van der Waals surface area (Å²) in [4.78, 5) is 16.8. The van der Waals surface area contributed by atoms with E-state index in [-0.39, 0.29) is 0 Å². The highest BCUT2D eigenvalue weighted by molar-refractivity contribution is 5.40. The monoisotopic (exact) mass is 383 g/mol. The number of aromatic nitrogens is 2. The highest BCUT2D eigenvalue weighted by atomic mass is 15.4.